The summed E-state index contributed by atoms with van der Waals surface area (Å²) in [7, 11) is 5.82. The lowest BCUT2D eigenvalue weighted by atomic mass is 9.79. The van der Waals surface area contributed by atoms with Crippen molar-refractivity contribution < 1.29 is 19.5 Å². The van der Waals surface area contributed by atoms with E-state index in [0.717, 1.165) is 23.2 Å². The molecule has 1 heterocycles. The molecule has 45 heavy (non-hydrogen) atoms. The van der Waals surface area contributed by atoms with E-state index in [9.17, 15) is 19.5 Å². The van der Waals surface area contributed by atoms with E-state index in [0.29, 0.717) is 17.1 Å². The van der Waals surface area contributed by atoms with Gasteiger partial charge >= 0.3 is 0 Å². The van der Waals surface area contributed by atoms with Crippen LogP contribution in [0.3, 0.4) is 0 Å². The van der Waals surface area contributed by atoms with Crippen molar-refractivity contribution in [1.29, 1.82) is 0 Å². The number of hydrogen-bond acceptors (Lipinski definition) is 7. The molecule has 0 unspecified atom stereocenters. The second kappa shape index (κ2) is 14.5. The minimum absolute atomic E-state index is 0.00443. The van der Waals surface area contributed by atoms with Gasteiger partial charge in [-0.05, 0) is 54.9 Å². The number of rotatable bonds is 14. The summed E-state index contributed by atoms with van der Waals surface area (Å²) in [6.45, 7) is 4.31. The van der Waals surface area contributed by atoms with Gasteiger partial charge in [0.2, 0.25) is 11.8 Å². The zero-order valence-electron chi connectivity index (χ0n) is 26.7. The van der Waals surface area contributed by atoms with Crippen LogP contribution in [0.2, 0.25) is 5.02 Å². The monoisotopic (exact) mass is 633 g/mol. The summed E-state index contributed by atoms with van der Waals surface area (Å²) in [5.74, 6) is -1.35. The van der Waals surface area contributed by atoms with E-state index in [1.54, 1.807) is 19.1 Å². The first-order chi connectivity index (χ1) is 21.4. The molecule has 0 bridgehead atoms. The fourth-order valence-corrected chi connectivity index (χ4v) is 6.30. The molecule has 0 radical (unpaired) electrons. The van der Waals surface area contributed by atoms with Gasteiger partial charge < -0.3 is 25.1 Å². The van der Waals surface area contributed by atoms with Crippen molar-refractivity contribution >= 4 is 41.1 Å². The van der Waals surface area contributed by atoms with Crippen molar-refractivity contribution in [2.75, 3.05) is 50.6 Å². The number of carbonyl (C=O) groups is 3. The molecule has 0 aliphatic carbocycles. The van der Waals surface area contributed by atoms with Crippen molar-refractivity contribution in [3.05, 3.63) is 95.0 Å². The van der Waals surface area contributed by atoms with E-state index in [1.807, 2.05) is 105 Å². The van der Waals surface area contributed by atoms with Crippen molar-refractivity contribution in [2.45, 2.75) is 44.0 Å². The Morgan fingerprint density at radius 3 is 2.31 bits per heavy atom. The van der Waals surface area contributed by atoms with Gasteiger partial charge in [0.1, 0.15) is 0 Å². The van der Waals surface area contributed by atoms with Crippen LogP contribution in [-0.4, -0.2) is 80.7 Å². The number of nitrogens with one attached hydrogen (secondary N) is 2. The van der Waals surface area contributed by atoms with Crippen LogP contribution in [0.1, 0.15) is 31.4 Å². The number of halogens is 1. The Hall–Kier alpha value is -3.92. The van der Waals surface area contributed by atoms with Crippen LogP contribution in [0.15, 0.2) is 78.9 Å². The van der Waals surface area contributed by atoms with Crippen molar-refractivity contribution in [2.24, 2.45) is 5.92 Å². The number of hydrogen-bond donors (Lipinski definition) is 3. The number of aliphatic hydroxyl groups is 1. The van der Waals surface area contributed by atoms with Crippen molar-refractivity contribution in [1.82, 2.24) is 15.5 Å². The summed E-state index contributed by atoms with van der Waals surface area (Å²) in [4.78, 5) is 46.1. The van der Waals surface area contributed by atoms with Crippen LogP contribution in [-0.2, 0) is 26.3 Å². The van der Waals surface area contributed by atoms with E-state index in [2.05, 4.69) is 10.6 Å². The van der Waals surface area contributed by atoms with Gasteiger partial charge in [0.25, 0.3) is 0 Å². The molecular weight excluding hydrogens is 590 g/mol. The zero-order chi connectivity index (χ0) is 32.8. The van der Waals surface area contributed by atoms with Crippen LogP contribution >= 0.6 is 11.6 Å². The number of carbonyl (C=O) groups excluding carboxylic acids is 3. The first kappa shape index (κ1) is 34.0. The lowest BCUT2D eigenvalue weighted by molar-refractivity contribution is -0.167. The molecule has 0 aromatic heterocycles. The smallest absolute Gasteiger partial charge is 0.230 e. The maximum absolute atomic E-state index is 14.8. The lowest BCUT2D eigenvalue weighted by Crippen LogP contribution is -2.73. The van der Waals surface area contributed by atoms with Gasteiger partial charge in [-0.2, -0.15) is 0 Å². The molecule has 240 valence electrons. The fourth-order valence-electron chi connectivity index (χ4n) is 6.18. The summed E-state index contributed by atoms with van der Waals surface area (Å²) in [6, 6.07) is 24.4. The molecule has 9 nitrogen and oxygen atoms in total. The van der Waals surface area contributed by atoms with E-state index in [4.69, 9.17) is 11.6 Å². The van der Waals surface area contributed by atoms with Gasteiger partial charge in [0.15, 0.2) is 11.9 Å². The van der Waals surface area contributed by atoms with Crippen LogP contribution in [0.25, 0.3) is 0 Å². The third-order valence-electron chi connectivity index (χ3n) is 8.72. The zero-order valence-corrected chi connectivity index (χ0v) is 27.4. The summed E-state index contributed by atoms with van der Waals surface area (Å²) < 4.78 is 0. The highest BCUT2D eigenvalue weighted by molar-refractivity contribution is 6.30. The average molecular weight is 634 g/mol. The maximum Gasteiger partial charge on any atom is 0.230 e. The molecule has 0 spiro atoms. The largest absolute Gasteiger partial charge is 0.388 e. The standard InChI is InChI=1S/C35H44ClN5O4/c1-6-38-35(24-42,21-25-15-17-28(36)18-16-25)41(33(45)26-19-32(44)37-22-26)34(2,27-11-8-7-9-12-27)31(43)23-40(5)30-14-10-13-29(20-30)39(3)4/h7-18,20,24,26,31,38,43H,6,19,21-23H2,1-5H3,(H,37,44)/t26-,31+,34-,35-/m0/s1. The number of aliphatic hydroxyl groups excluding tert-OH is 1. The first-order valence-electron chi connectivity index (χ1n) is 15.2. The summed E-state index contributed by atoms with van der Waals surface area (Å²) in [5, 5.41) is 19.0. The summed E-state index contributed by atoms with van der Waals surface area (Å²) in [5.41, 5.74) is 0.304. The predicted molar refractivity (Wildman–Crippen MR) is 179 cm³/mol. The number of likely N-dealkylation sites (N-methyl/N-ethyl adjacent to an activating group) is 2. The van der Waals surface area contributed by atoms with Crippen LogP contribution in [0.4, 0.5) is 11.4 Å². The lowest BCUT2D eigenvalue weighted by Gasteiger charge is -2.54. The molecule has 10 heteroatoms. The average Bonchev–Trinajstić information content (AvgIpc) is 3.48. The van der Waals surface area contributed by atoms with E-state index >= 15 is 0 Å². The molecule has 1 aliphatic heterocycles. The molecule has 1 saturated heterocycles. The number of aldehydes is 1. The van der Waals surface area contributed by atoms with Crippen LogP contribution < -0.4 is 20.4 Å². The molecule has 4 atom stereocenters. The molecule has 3 aromatic carbocycles. The van der Waals surface area contributed by atoms with Gasteiger partial charge in [0.05, 0.1) is 17.6 Å². The quantitative estimate of drug-likeness (QED) is 0.183. The summed E-state index contributed by atoms with van der Waals surface area (Å²) >= 11 is 6.18. The Morgan fingerprint density at radius 2 is 1.73 bits per heavy atom. The van der Waals surface area contributed by atoms with E-state index < -0.39 is 29.1 Å². The Bertz CT molecular complexity index is 1470. The van der Waals surface area contributed by atoms with E-state index in [-0.39, 0.29) is 31.8 Å². The highest BCUT2D eigenvalue weighted by Gasteiger charge is 2.55. The molecule has 0 saturated carbocycles. The number of nitrogens with zero attached hydrogens (tertiary/aromatic N) is 3. The van der Waals surface area contributed by atoms with Gasteiger partial charge in [-0.15, -0.1) is 0 Å². The van der Waals surface area contributed by atoms with Gasteiger partial charge in [0, 0.05) is 63.5 Å². The topological polar surface area (TPSA) is 105 Å². The Labute approximate surface area is 271 Å². The van der Waals surface area contributed by atoms with Crippen molar-refractivity contribution in [3.63, 3.8) is 0 Å². The Morgan fingerprint density at radius 1 is 1.07 bits per heavy atom. The highest BCUT2D eigenvalue weighted by Crippen LogP contribution is 2.40. The number of anilines is 2. The second-order valence-corrected chi connectivity index (χ2v) is 12.5. The molecule has 1 fully saturated rings. The molecule has 3 N–H and O–H groups in total. The van der Waals surface area contributed by atoms with Gasteiger partial charge in [-0.1, -0.05) is 67.1 Å². The van der Waals surface area contributed by atoms with E-state index in [1.165, 1.54) is 4.90 Å². The molecule has 1 aliphatic rings. The Balaban J connectivity index is 1.89. The van der Waals surface area contributed by atoms with Crippen molar-refractivity contribution in [3.8, 4) is 0 Å². The predicted octanol–water partition coefficient (Wildman–Crippen LogP) is 3.83. The molecule has 3 aromatic rings. The number of amides is 2. The third kappa shape index (κ3) is 7.32. The third-order valence-corrected chi connectivity index (χ3v) is 8.97. The van der Waals surface area contributed by atoms with Gasteiger partial charge in [-0.25, -0.2) is 0 Å². The highest BCUT2D eigenvalue weighted by atomic mass is 35.5. The fraction of sp³-hybridized carbons (Fsp3) is 0.400. The second-order valence-electron chi connectivity index (χ2n) is 12.1. The molecular formula is C35H44ClN5O4. The summed E-state index contributed by atoms with van der Waals surface area (Å²) in [6.07, 6.45) is -0.317. The maximum atomic E-state index is 14.8. The minimum Gasteiger partial charge on any atom is -0.388 e. The Kier molecular flexibility index (Phi) is 10.9. The molecule has 2 amide bonds. The first-order valence-corrected chi connectivity index (χ1v) is 15.6. The number of benzene rings is 3. The normalized spacial score (nSPS) is 17.8. The molecule has 4 rings (SSSR count). The van der Waals surface area contributed by atoms with Gasteiger partial charge in [-0.3, -0.25) is 19.7 Å². The SMILES string of the molecule is CCN[C@@](C=O)(Cc1ccc(Cl)cc1)N(C(=O)[C@@H]1CNC(=O)C1)[C@@](C)(c1ccccc1)[C@H](O)CN(C)c1cccc(N(C)C)c1. The minimum atomic E-state index is -1.58. The van der Waals surface area contributed by atoms with Crippen LogP contribution in [0.5, 0.6) is 0 Å². The van der Waals surface area contributed by atoms with Crippen LogP contribution in [0, 0.1) is 5.92 Å².